The number of hydrogen-bond acceptors (Lipinski definition) is 3. The van der Waals surface area contributed by atoms with Gasteiger partial charge in [-0.1, -0.05) is 6.92 Å². The van der Waals surface area contributed by atoms with E-state index in [4.69, 9.17) is 5.11 Å². The second-order valence-electron chi connectivity index (χ2n) is 4.33. The van der Waals surface area contributed by atoms with Gasteiger partial charge in [-0.25, -0.2) is 0 Å². The van der Waals surface area contributed by atoms with Crippen LogP contribution < -0.4 is 10.6 Å². The Morgan fingerprint density at radius 1 is 1.33 bits per heavy atom. The molecule has 0 aliphatic heterocycles. The average molecular weight is 216 g/mol. The molecule has 0 heterocycles. The zero-order chi connectivity index (χ0) is 11.7. The zero-order valence-corrected chi connectivity index (χ0v) is 10.0. The van der Waals surface area contributed by atoms with Crippen LogP contribution >= 0.6 is 0 Å². The summed E-state index contributed by atoms with van der Waals surface area (Å²) < 4.78 is 0. The van der Waals surface area contributed by atoms with Gasteiger partial charge in [0.2, 0.25) is 5.91 Å². The fourth-order valence-corrected chi connectivity index (χ4v) is 1.24. The van der Waals surface area contributed by atoms with E-state index in [1.807, 2.05) is 20.8 Å². The van der Waals surface area contributed by atoms with Gasteiger partial charge in [0.15, 0.2) is 0 Å². The summed E-state index contributed by atoms with van der Waals surface area (Å²) in [6, 6.07) is 0.203. The van der Waals surface area contributed by atoms with Gasteiger partial charge in [-0.2, -0.15) is 0 Å². The molecule has 0 aliphatic rings. The van der Waals surface area contributed by atoms with Gasteiger partial charge in [0.05, 0.1) is 6.54 Å². The molecule has 0 radical (unpaired) electrons. The maximum Gasteiger partial charge on any atom is 0.234 e. The zero-order valence-electron chi connectivity index (χ0n) is 10.0. The molecule has 1 amide bonds. The third-order valence-electron chi connectivity index (χ3n) is 2.10. The van der Waals surface area contributed by atoms with Crippen molar-refractivity contribution in [2.45, 2.75) is 39.7 Å². The van der Waals surface area contributed by atoms with E-state index >= 15 is 0 Å². The Morgan fingerprint density at radius 2 is 2.00 bits per heavy atom. The molecule has 0 bridgehead atoms. The van der Waals surface area contributed by atoms with Crippen LogP contribution in [-0.2, 0) is 4.79 Å². The Bertz CT molecular complexity index is 172. The van der Waals surface area contributed by atoms with Crippen molar-refractivity contribution < 1.29 is 9.90 Å². The molecule has 1 unspecified atom stereocenters. The molecule has 0 spiro atoms. The van der Waals surface area contributed by atoms with E-state index in [-0.39, 0.29) is 18.6 Å². The van der Waals surface area contributed by atoms with Crippen molar-refractivity contribution >= 4 is 5.91 Å². The van der Waals surface area contributed by atoms with E-state index in [0.717, 1.165) is 19.4 Å². The van der Waals surface area contributed by atoms with Crippen molar-refractivity contribution in [2.24, 2.45) is 5.92 Å². The molecule has 15 heavy (non-hydrogen) atoms. The highest BCUT2D eigenvalue weighted by Crippen LogP contribution is 2.02. The lowest BCUT2D eigenvalue weighted by molar-refractivity contribution is -0.120. The molecule has 4 heteroatoms. The third-order valence-corrected chi connectivity index (χ3v) is 2.10. The number of carbonyl (C=O) groups excluding carboxylic acids is 1. The summed E-state index contributed by atoms with van der Waals surface area (Å²) in [4.78, 5) is 11.2. The maximum atomic E-state index is 11.2. The van der Waals surface area contributed by atoms with Crippen LogP contribution in [0.2, 0.25) is 0 Å². The smallest absolute Gasteiger partial charge is 0.234 e. The van der Waals surface area contributed by atoms with Crippen LogP contribution in [0.4, 0.5) is 0 Å². The summed E-state index contributed by atoms with van der Waals surface area (Å²) in [6.45, 7) is 7.36. The Balaban J connectivity index is 3.27. The van der Waals surface area contributed by atoms with Crippen LogP contribution in [0.25, 0.3) is 0 Å². The minimum atomic E-state index is 0.0419. The van der Waals surface area contributed by atoms with Gasteiger partial charge in [0, 0.05) is 12.6 Å². The minimum absolute atomic E-state index is 0.0419. The molecule has 0 aromatic rings. The Hall–Kier alpha value is -0.610. The van der Waals surface area contributed by atoms with Crippen LogP contribution in [0.15, 0.2) is 0 Å². The average Bonchev–Trinajstić information content (AvgIpc) is 2.15. The number of aliphatic hydroxyl groups excluding tert-OH is 1. The number of hydrogen-bond donors (Lipinski definition) is 3. The first-order valence-corrected chi connectivity index (χ1v) is 5.67. The summed E-state index contributed by atoms with van der Waals surface area (Å²) in [5.41, 5.74) is 0. The standard InChI is InChI=1S/C11H24N2O2/c1-9(2)13-11(15)7-12-6-4-5-10(3)8-14/h9-10,12,14H,4-8H2,1-3H3,(H,13,15). The highest BCUT2D eigenvalue weighted by atomic mass is 16.3. The summed E-state index contributed by atoms with van der Waals surface area (Å²) in [7, 11) is 0. The summed E-state index contributed by atoms with van der Waals surface area (Å²) in [5.74, 6) is 0.400. The first-order valence-electron chi connectivity index (χ1n) is 5.67. The Labute approximate surface area is 92.4 Å². The fraction of sp³-hybridized carbons (Fsp3) is 0.909. The van der Waals surface area contributed by atoms with Gasteiger partial charge < -0.3 is 15.7 Å². The molecule has 90 valence electrons. The second kappa shape index (κ2) is 8.68. The first kappa shape index (κ1) is 14.4. The van der Waals surface area contributed by atoms with E-state index in [1.165, 1.54) is 0 Å². The van der Waals surface area contributed by atoms with Crippen LogP contribution in [0.3, 0.4) is 0 Å². The molecule has 0 aliphatic carbocycles. The van der Waals surface area contributed by atoms with Crippen LogP contribution in [-0.4, -0.2) is 36.8 Å². The number of aliphatic hydroxyl groups is 1. The second-order valence-corrected chi connectivity index (χ2v) is 4.33. The molecule has 4 nitrogen and oxygen atoms in total. The predicted molar refractivity (Wildman–Crippen MR) is 61.6 cm³/mol. The summed E-state index contributed by atoms with van der Waals surface area (Å²) >= 11 is 0. The van der Waals surface area contributed by atoms with E-state index in [9.17, 15) is 4.79 Å². The van der Waals surface area contributed by atoms with Crippen molar-refractivity contribution in [1.82, 2.24) is 10.6 Å². The lowest BCUT2D eigenvalue weighted by atomic mass is 10.1. The van der Waals surface area contributed by atoms with E-state index in [0.29, 0.717) is 12.5 Å². The van der Waals surface area contributed by atoms with Gasteiger partial charge in [-0.15, -0.1) is 0 Å². The van der Waals surface area contributed by atoms with Crippen molar-refractivity contribution in [3.05, 3.63) is 0 Å². The molecule has 3 N–H and O–H groups in total. The third kappa shape index (κ3) is 9.69. The lowest BCUT2D eigenvalue weighted by Crippen LogP contribution is -2.38. The minimum Gasteiger partial charge on any atom is -0.396 e. The highest BCUT2D eigenvalue weighted by molar-refractivity contribution is 5.78. The van der Waals surface area contributed by atoms with Crippen molar-refractivity contribution in [2.75, 3.05) is 19.7 Å². The van der Waals surface area contributed by atoms with E-state index < -0.39 is 0 Å². The molecular weight excluding hydrogens is 192 g/mol. The number of rotatable bonds is 8. The van der Waals surface area contributed by atoms with Gasteiger partial charge in [0.1, 0.15) is 0 Å². The largest absolute Gasteiger partial charge is 0.396 e. The SMILES string of the molecule is CC(CO)CCCNCC(=O)NC(C)C. The number of amides is 1. The van der Waals surface area contributed by atoms with Gasteiger partial charge in [0.25, 0.3) is 0 Å². The van der Waals surface area contributed by atoms with Crippen LogP contribution in [0.5, 0.6) is 0 Å². The van der Waals surface area contributed by atoms with Crippen molar-refractivity contribution in [3.8, 4) is 0 Å². The molecule has 0 saturated heterocycles. The van der Waals surface area contributed by atoms with Crippen LogP contribution in [0, 0.1) is 5.92 Å². The lowest BCUT2D eigenvalue weighted by Gasteiger charge is -2.10. The highest BCUT2D eigenvalue weighted by Gasteiger charge is 2.02. The molecule has 0 aromatic heterocycles. The molecule has 0 saturated carbocycles. The van der Waals surface area contributed by atoms with Gasteiger partial charge in [-0.3, -0.25) is 4.79 Å². The fourth-order valence-electron chi connectivity index (χ4n) is 1.24. The molecule has 0 fully saturated rings. The van der Waals surface area contributed by atoms with Gasteiger partial charge in [-0.05, 0) is 39.2 Å². The maximum absolute atomic E-state index is 11.2. The summed E-state index contributed by atoms with van der Waals surface area (Å²) in [5, 5.41) is 14.7. The predicted octanol–water partition coefficient (Wildman–Crippen LogP) is 0.509. The van der Waals surface area contributed by atoms with Gasteiger partial charge >= 0.3 is 0 Å². The Morgan fingerprint density at radius 3 is 2.53 bits per heavy atom. The molecular formula is C11H24N2O2. The Kier molecular flexibility index (Phi) is 8.33. The first-order chi connectivity index (χ1) is 7.06. The quantitative estimate of drug-likeness (QED) is 0.518. The summed E-state index contributed by atoms with van der Waals surface area (Å²) in [6.07, 6.45) is 1.99. The normalized spacial score (nSPS) is 12.9. The number of nitrogens with one attached hydrogen (secondary N) is 2. The van der Waals surface area contributed by atoms with Crippen LogP contribution in [0.1, 0.15) is 33.6 Å². The topological polar surface area (TPSA) is 61.4 Å². The molecule has 1 atom stereocenters. The van der Waals surface area contributed by atoms with Crippen molar-refractivity contribution in [3.63, 3.8) is 0 Å². The number of carbonyl (C=O) groups is 1. The molecule has 0 aromatic carbocycles. The van der Waals surface area contributed by atoms with E-state index in [1.54, 1.807) is 0 Å². The molecule has 0 rings (SSSR count). The van der Waals surface area contributed by atoms with E-state index in [2.05, 4.69) is 10.6 Å². The van der Waals surface area contributed by atoms with Crippen molar-refractivity contribution in [1.29, 1.82) is 0 Å². The monoisotopic (exact) mass is 216 g/mol.